The second-order valence-electron chi connectivity index (χ2n) is 7.22. The highest BCUT2D eigenvalue weighted by Crippen LogP contribution is 2.37. The van der Waals surface area contributed by atoms with E-state index in [0.29, 0.717) is 21.2 Å². The highest BCUT2D eigenvalue weighted by molar-refractivity contribution is 7.15. The van der Waals surface area contributed by atoms with Gasteiger partial charge in [-0.3, -0.25) is 9.78 Å². The molecule has 0 radical (unpaired) electrons. The van der Waals surface area contributed by atoms with Crippen LogP contribution in [0.25, 0.3) is 11.1 Å². The normalized spacial score (nSPS) is 14.3. The Hall–Kier alpha value is -2.70. The maximum atomic E-state index is 13.2. The Balaban J connectivity index is 1.64. The predicted octanol–water partition coefficient (Wildman–Crippen LogP) is 6.21. The van der Waals surface area contributed by atoms with Crippen LogP contribution in [0.4, 0.5) is 5.00 Å². The third-order valence-corrected chi connectivity index (χ3v) is 6.29. The summed E-state index contributed by atoms with van der Waals surface area (Å²) >= 11 is 7.22. The molecule has 1 aliphatic rings. The van der Waals surface area contributed by atoms with Crippen LogP contribution in [0.5, 0.6) is 0 Å². The summed E-state index contributed by atoms with van der Waals surface area (Å²) in [6.07, 6.45) is 8.36. The molecular weight excluding hydrogens is 420 g/mol. The maximum Gasteiger partial charge on any atom is 0.342 e. The molecule has 0 bridgehead atoms. The van der Waals surface area contributed by atoms with Gasteiger partial charge in [0.1, 0.15) is 16.7 Å². The lowest BCUT2D eigenvalue weighted by Crippen LogP contribution is -2.22. The number of rotatable bonds is 5. The zero-order valence-electron chi connectivity index (χ0n) is 16.3. The molecule has 0 atom stereocenters. The van der Waals surface area contributed by atoms with Gasteiger partial charge in [0.05, 0.1) is 0 Å². The zero-order valence-corrected chi connectivity index (χ0v) is 17.8. The van der Waals surface area contributed by atoms with Gasteiger partial charge in [0.15, 0.2) is 0 Å². The van der Waals surface area contributed by atoms with E-state index in [1.54, 1.807) is 36.7 Å². The lowest BCUT2D eigenvalue weighted by atomic mass is 9.97. The molecule has 3 aromatic rings. The number of hydrogen-bond acceptors (Lipinski definition) is 5. The quantitative estimate of drug-likeness (QED) is 0.479. The molecule has 30 heavy (non-hydrogen) atoms. The molecule has 5 nitrogen and oxygen atoms in total. The van der Waals surface area contributed by atoms with E-state index in [2.05, 4.69) is 10.3 Å². The molecule has 7 heteroatoms. The number of aromatic nitrogens is 1. The average molecular weight is 441 g/mol. The minimum atomic E-state index is -0.402. The molecule has 1 saturated carbocycles. The van der Waals surface area contributed by atoms with Crippen LogP contribution in [0.15, 0.2) is 54.2 Å². The first kappa shape index (κ1) is 20.6. The molecule has 0 spiro atoms. The summed E-state index contributed by atoms with van der Waals surface area (Å²) in [7, 11) is 0. The molecule has 0 aliphatic heterocycles. The Morgan fingerprint density at radius 2 is 1.73 bits per heavy atom. The number of esters is 1. The number of benzene rings is 1. The lowest BCUT2D eigenvalue weighted by molar-refractivity contribution is 0.0214. The number of carbonyl (C=O) groups is 2. The molecule has 4 rings (SSSR count). The highest BCUT2D eigenvalue weighted by Gasteiger charge is 2.26. The van der Waals surface area contributed by atoms with Crippen molar-refractivity contribution >= 4 is 39.8 Å². The average Bonchev–Trinajstić information content (AvgIpc) is 3.19. The number of halogens is 1. The Bertz CT molecular complexity index is 1030. The minimum absolute atomic E-state index is 0.0729. The van der Waals surface area contributed by atoms with E-state index >= 15 is 0 Å². The van der Waals surface area contributed by atoms with Crippen LogP contribution in [0.1, 0.15) is 52.8 Å². The summed E-state index contributed by atoms with van der Waals surface area (Å²) in [5, 5.41) is 5.77. The van der Waals surface area contributed by atoms with Gasteiger partial charge in [0, 0.05) is 33.9 Å². The van der Waals surface area contributed by atoms with E-state index in [4.69, 9.17) is 16.3 Å². The number of thiophene rings is 1. The predicted molar refractivity (Wildman–Crippen MR) is 119 cm³/mol. The molecule has 1 fully saturated rings. The van der Waals surface area contributed by atoms with Gasteiger partial charge in [-0.2, -0.15) is 0 Å². The number of hydrogen-bond donors (Lipinski definition) is 1. The van der Waals surface area contributed by atoms with Gasteiger partial charge in [-0.1, -0.05) is 18.0 Å². The van der Waals surface area contributed by atoms with Crippen molar-refractivity contribution < 1.29 is 14.3 Å². The van der Waals surface area contributed by atoms with Crippen molar-refractivity contribution in [1.82, 2.24) is 4.98 Å². The van der Waals surface area contributed by atoms with Crippen molar-refractivity contribution in [2.75, 3.05) is 5.32 Å². The van der Waals surface area contributed by atoms with Crippen molar-refractivity contribution in [3.05, 3.63) is 70.3 Å². The second kappa shape index (κ2) is 9.41. The van der Waals surface area contributed by atoms with Crippen molar-refractivity contribution in [2.24, 2.45) is 0 Å². The first-order valence-corrected chi connectivity index (χ1v) is 11.2. The molecule has 1 aromatic carbocycles. The number of pyridine rings is 1. The molecule has 2 aromatic heterocycles. The SMILES string of the molecule is O=C(Nc1scc(-c2ccncc2)c1C(=O)OC1CCCCC1)c1ccc(Cl)cc1. The molecule has 1 N–H and O–H groups in total. The number of nitrogens with zero attached hydrogens (tertiary/aromatic N) is 1. The van der Waals surface area contributed by atoms with E-state index in [9.17, 15) is 9.59 Å². The van der Waals surface area contributed by atoms with Crippen LogP contribution in [-0.2, 0) is 4.74 Å². The van der Waals surface area contributed by atoms with Crippen LogP contribution < -0.4 is 5.32 Å². The lowest BCUT2D eigenvalue weighted by Gasteiger charge is -2.22. The number of anilines is 1. The highest BCUT2D eigenvalue weighted by atomic mass is 35.5. The summed E-state index contributed by atoms with van der Waals surface area (Å²) in [6.45, 7) is 0. The standard InChI is InChI=1S/C23H21ClN2O3S/c24-17-8-6-16(7-9-17)21(27)26-22-20(23(28)29-18-4-2-1-3-5-18)19(14-30-22)15-10-12-25-13-11-15/h6-14,18H,1-5H2,(H,26,27). The van der Waals surface area contributed by atoms with Gasteiger partial charge >= 0.3 is 5.97 Å². The fourth-order valence-electron chi connectivity index (χ4n) is 3.57. The number of ether oxygens (including phenoxy) is 1. The number of amides is 1. The molecule has 1 amide bonds. The molecule has 154 valence electrons. The van der Waals surface area contributed by atoms with Crippen LogP contribution in [0, 0.1) is 0 Å². The summed E-state index contributed by atoms with van der Waals surface area (Å²) in [6, 6.07) is 10.3. The zero-order chi connectivity index (χ0) is 20.9. The minimum Gasteiger partial charge on any atom is -0.459 e. The number of nitrogens with one attached hydrogen (secondary N) is 1. The van der Waals surface area contributed by atoms with Crippen LogP contribution in [-0.4, -0.2) is 23.0 Å². The van der Waals surface area contributed by atoms with Gasteiger partial charge in [0.25, 0.3) is 5.91 Å². The third-order valence-electron chi connectivity index (χ3n) is 5.15. The third kappa shape index (κ3) is 4.71. The summed E-state index contributed by atoms with van der Waals surface area (Å²) < 4.78 is 5.82. The number of carbonyl (C=O) groups excluding carboxylic acids is 2. The van der Waals surface area contributed by atoms with Crippen molar-refractivity contribution in [3.8, 4) is 11.1 Å². The Kier molecular flexibility index (Phi) is 6.45. The summed E-state index contributed by atoms with van der Waals surface area (Å²) in [5.74, 6) is -0.706. The Morgan fingerprint density at radius 3 is 2.43 bits per heavy atom. The van der Waals surface area contributed by atoms with Crippen molar-refractivity contribution in [3.63, 3.8) is 0 Å². The maximum absolute atomic E-state index is 13.2. The first-order chi connectivity index (χ1) is 14.6. The fraction of sp³-hybridized carbons (Fsp3) is 0.261. The summed E-state index contributed by atoms with van der Waals surface area (Å²) in [4.78, 5) is 29.9. The van der Waals surface area contributed by atoms with Gasteiger partial charge in [-0.25, -0.2) is 4.79 Å². The second-order valence-corrected chi connectivity index (χ2v) is 8.53. The van der Waals surface area contributed by atoms with Crippen LogP contribution in [0.3, 0.4) is 0 Å². The van der Waals surface area contributed by atoms with E-state index < -0.39 is 5.97 Å². The molecule has 0 saturated heterocycles. The molecule has 0 unspecified atom stereocenters. The van der Waals surface area contributed by atoms with Gasteiger partial charge in [0.2, 0.25) is 0 Å². The monoisotopic (exact) mass is 440 g/mol. The van der Waals surface area contributed by atoms with Crippen LogP contribution in [0.2, 0.25) is 5.02 Å². The Morgan fingerprint density at radius 1 is 1.03 bits per heavy atom. The van der Waals surface area contributed by atoms with Crippen molar-refractivity contribution in [2.45, 2.75) is 38.2 Å². The summed E-state index contributed by atoms with van der Waals surface area (Å²) in [5.41, 5.74) is 2.43. The van der Waals surface area contributed by atoms with Gasteiger partial charge < -0.3 is 10.1 Å². The smallest absolute Gasteiger partial charge is 0.342 e. The topological polar surface area (TPSA) is 68.3 Å². The largest absolute Gasteiger partial charge is 0.459 e. The molecular formula is C23H21ClN2O3S. The van der Waals surface area contributed by atoms with Gasteiger partial charge in [-0.05, 0) is 67.6 Å². The fourth-order valence-corrected chi connectivity index (χ4v) is 4.64. The Labute approximate surface area is 184 Å². The van der Waals surface area contributed by atoms with Crippen LogP contribution >= 0.6 is 22.9 Å². The van der Waals surface area contributed by atoms with E-state index in [1.165, 1.54) is 17.8 Å². The first-order valence-electron chi connectivity index (χ1n) is 9.91. The van der Waals surface area contributed by atoms with Crippen molar-refractivity contribution in [1.29, 1.82) is 0 Å². The molecule has 1 aliphatic carbocycles. The van der Waals surface area contributed by atoms with E-state index in [-0.39, 0.29) is 12.0 Å². The molecule has 2 heterocycles. The van der Waals surface area contributed by atoms with E-state index in [1.807, 2.05) is 17.5 Å². The van der Waals surface area contributed by atoms with Gasteiger partial charge in [-0.15, -0.1) is 11.3 Å². The van der Waals surface area contributed by atoms with E-state index in [0.717, 1.165) is 36.8 Å².